The molecule has 118 valence electrons. The van der Waals surface area contributed by atoms with Crippen molar-refractivity contribution in [2.24, 2.45) is 0 Å². The normalized spacial score (nSPS) is 10.8. The molecule has 1 amide bonds. The van der Waals surface area contributed by atoms with Crippen LogP contribution in [0.5, 0.6) is 0 Å². The molecule has 0 unspecified atom stereocenters. The number of fused-ring (bicyclic) bond motifs is 1. The molecule has 2 rings (SSSR count). The van der Waals surface area contributed by atoms with E-state index in [1.54, 1.807) is 36.3 Å². The van der Waals surface area contributed by atoms with Gasteiger partial charge in [0, 0.05) is 20.2 Å². The number of rotatable bonds is 6. The predicted octanol–water partition coefficient (Wildman–Crippen LogP) is 0.185. The molecule has 0 aliphatic heterocycles. The molecule has 0 fully saturated rings. The fraction of sp³-hybridized carbons (Fsp3) is 0.400. The maximum Gasteiger partial charge on any atom is 0.273 e. The fourth-order valence-electron chi connectivity index (χ4n) is 2.25. The Morgan fingerprint density at radius 2 is 1.95 bits per heavy atom. The zero-order valence-electron chi connectivity index (χ0n) is 12.7. The number of amides is 1. The first kappa shape index (κ1) is 16.0. The molecule has 0 saturated carbocycles. The molecule has 7 heteroatoms. The Morgan fingerprint density at radius 1 is 1.27 bits per heavy atom. The first-order chi connectivity index (χ1) is 10.6. The van der Waals surface area contributed by atoms with Gasteiger partial charge in [0.15, 0.2) is 0 Å². The lowest BCUT2D eigenvalue weighted by molar-refractivity contribution is -0.132. The van der Waals surface area contributed by atoms with Crippen LogP contribution in [-0.2, 0) is 16.1 Å². The number of aromatic nitrogens is 2. The molecule has 0 atom stereocenters. The lowest BCUT2D eigenvalue weighted by atomic mass is 10.2. The fourth-order valence-corrected chi connectivity index (χ4v) is 2.25. The number of nitrogens with zero attached hydrogens (tertiary/aromatic N) is 2. The van der Waals surface area contributed by atoms with Crippen molar-refractivity contribution in [1.29, 1.82) is 0 Å². The zero-order chi connectivity index (χ0) is 16.1. The molecule has 0 saturated heterocycles. The lowest BCUT2D eigenvalue weighted by Gasteiger charge is -2.20. The second-order valence-electron chi connectivity index (χ2n) is 4.84. The van der Waals surface area contributed by atoms with Crippen LogP contribution in [0.15, 0.2) is 33.9 Å². The van der Waals surface area contributed by atoms with Crippen LogP contribution < -0.4 is 11.1 Å². The molecule has 0 aliphatic carbocycles. The van der Waals surface area contributed by atoms with Crippen molar-refractivity contribution in [3.05, 3.63) is 45.0 Å². The molecule has 1 N–H and O–H groups in total. The van der Waals surface area contributed by atoms with Gasteiger partial charge in [-0.2, -0.15) is 0 Å². The van der Waals surface area contributed by atoms with E-state index in [-0.39, 0.29) is 23.6 Å². The molecule has 0 aliphatic rings. The SMILES string of the molecule is CCN(CCOC)C(=O)Cn1[nH]c(=O)c2ccccc2c1=O. The summed E-state index contributed by atoms with van der Waals surface area (Å²) in [4.78, 5) is 38.1. The molecule has 1 aromatic heterocycles. The third-order valence-electron chi connectivity index (χ3n) is 3.48. The van der Waals surface area contributed by atoms with Crippen molar-refractivity contribution < 1.29 is 9.53 Å². The maximum absolute atomic E-state index is 12.3. The Balaban J connectivity index is 2.32. The topological polar surface area (TPSA) is 84.4 Å². The van der Waals surface area contributed by atoms with E-state index in [1.807, 2.05) is 6.92 Å². The van der Waals surface area contributed by atoms with Crippen LogP contribution in [0.3, 0.4) is 0 Å². The van der Waals surface area contributed by atoms with Crippen LogP contribution in [0.25, 0.3) is 10.8 Å². The lowest BCUT2D eigenvalue weighted by Crippen LogP contribution is -2.40. The van der Waals surface area contributed by atoms with E-state index < -0.39 is 0 Å². The maximum atomic E-state index is 12.3. The molecular formula is C15H19N3O4. The molecule has 22 heavy (non-hydrogen) atoms. The minimum Gasteiger partial charge on any atom is -0.383 e. The van der Waals surface area contributed by atoms with Crippen molar-refractivity contribution in [3.63, 3.8) is 0 Å². The summed E-state index contributed by atoms with van der Waals surface area (Å²) in [6, 6.07) is 6.54. The van der Waals surface area contributed by atoms with Crippen molar-refractivity contribution in [2.75, 3.05) is 26.8 Å². The quantitative estimate of drug-likeness (QED) is 0.825. The van der Waals surface area contributed by atoms with Crippen molar-refractivity contribution in [1.82, 2.24) is 14.7 Å². The van der Waals surface area contributed by atoms with Crippen molar-refractivity contribution in [2.45, 2.75) is 13.5 Å². The van der Waals surface area contributed by atoms with Gasteiger partial charge >= 0.3 is 0 Å². The van der Waals surface area contributed by atoms with Gasteiger partial charge in [-0.3, -0.25) is 19.5 Å². The summed E-state index contributed by atoms with van der Waals surface area (Å²) in [6.45, 7) is 3.02. The molecule has 0 spiro atoms. The zero-order valence-corrected chi connectivity index (χ0v) is 12.7. The number of nitrogens with one attached hydrogen (secondary N) is 1. The van der Waals surface area contributed by atoms with E-state index in [4.69, 9.17) is 4.74 Å². The van der Waals surface area contributed by atoms with E-state index in [0.29, 0.717) is 30.5 Å². The summed E-state index contributed by atoms with van der Waals surface area (Å²) >= 11 is 0. The van der Waals surface area contributed by atoms with Crippen LogP contribution in [0.2, 0.25) is 0 Å². The standard InChI is InChI=1S/C15H19N3O4/c1-3-17(8-9-22-2)13(19)10-18-15(21)12-7-5-4-6-11(12)14(20)16-18/h4-7H,3,8-10H2,1-2H3,(H,16,20). The predicted molar refractivity (Wildman–Crippen MR) is 83.0 cm³/mol. The third kappa shape index (κ3) is 3.25. The number of hydrogen-bond acceptors (Lipinski definition) is 4. The molecular weight excluding hydrogens is 286 g/mol. The Morgan fingerprint density at radius 3 is 2.59 bits per heavy atom. The number of methoxy groups -OCH3 is 1. The summed E-state index contributed by atoms with van der Waals surface area (Å²) in [5.74, 6) is -0.243. The van der Waals surface area contributed by atoms with Gasteiger partial charge in [0.1, 0.15) is 6.54 Å². The summed E-state index contributed by atoms with van der Waals surface area (Å²) in [6.07, 6.45) is 0. The van der Waals surface area contributed by atoms with Gasteiger partial charge in [0.05, 0.1) is 17.4 Å². The van der Waals surface area contributed by atoms with E-state index >= 15 is 0 Å². The minimum atomic E-state index is -0.386. The Kier molecular flexibility index (Phi) is 5.11. The molecule has 1 heterocycles. The molecule has 1 aromatic carbocycles. The smallest absolute Gasteiger partial charge is 0.273 e. The number of hydrogen-bond donors (Lipinski definition) is 1. The van der Waals surface area contributed by atoms with E-state index in [1.165, 1.54) is 0 Å². The Hall–Kier alpha value is -2.41. The number of carbonyl (C=O) groups is 1. The van der Waals surface area contributed by atoms with Gasteiger partial charge in [-0.1, -0.05) is 12.1 Å². The van der Waals surface area contributed by atoms with Crippen molar-refractivity contribution in [3.8, 4) is 0 Å². The Labute approximate surface area is 127 Å². The van der Waals surface area contributed by atoms with Crippen LogP contribution in [0, 0.1) is 0 Å². The first-order valence-corrected chi connectivity index (χ1v) is 7.07. The van der Waals surface area contributed by atoms with Crippen LogP contribution >= 0.6 is 0 Å². The number of likely N-dealkylation sites (N-methyl/N-ethyl adjacent to an activating group) is 1. The highest BCUT2D eigenvalue weighted by Crippen LogP contribution is 2.02. The highest BCUT2D eigenvalue weighted by atomic mass is 16.5. The number of ether oxygens (including phenoxy) is 1. The second kappa shape index (κ2) is 7.04. The monoisotopic (exact) mass is 305 g/mol. The third-order valence-corrected chi connectivity index (χ3v) is 3.48. The number of benzene rings is 1. The number of H-pyrrole nitrogens is 1. The minimum absolute atomic E-state index is 0.198. The van der Waals surface area contributed by atoms with Gasteiger partial charge in [-0.15, -0.1) is 0 Å². The van der Waals surface area contributed by atoms with E-state index in [0.717, 1.165) is 4.68 Å². The summed E-state index contributed by atoms with van der Waals surface area (Å²) < 4.78 is 6.01. The Bertz CT molecular complexity index is 778. The average Bonchev–Trinajstić information content (AvgIpc) is 2.53. The molecule has 0 bridgehead atoms. The van der Waals surface area contributed by atoms with Crippen LogP contribution in [0.4, 0.5) is 0 Å². The van der Waals surface area contributed by atoms with Crippen molar-refractivity contribution >= 4 is 16.7 Å². The largest absolute Gasteiger partial charge is 0.383 e. The van der Waals surface area contributed by atoms with Gasteiger partial charge in [0.2, 0.25) is 5.91 Å². The first-order valence-electron chi connectivity index (χ1n) is 7.07. The second-order valence-corrected chi connectivity index (χ2v) is 4.84. The highest BCUT2D eigenvalue weighted by Gasteiger charge is 2.14. The van der Waals surface area contributed by atoms with Gasteiger partial charge in [-0.05, 0) is 19.1 Å². The number of aromatic amines is 1. The average molecular weight is 305 g/mol. The molecule has 2 aromatic rings. The molecule has 0 radical (unpaired) electrons. The van der Waals surface area contributed by atoms with E-state index in [9.17, 15) is 14.4 Å². The summed E-state index contributed by atoms with van der Waals surface area (Å²) in [5.41, 5.74) is -0.769. The van der Waals surface area contributed by atoms with E-state index in [2.05, 4.69) is 5.10 Å². The van der Waals surface area contributed by atoms with Crippen LogP contribution in [0.1, 0.15) is 6.92 Å². The molecule has 7 nitrogen and oxygen atoms in total. The van der Waals surface area contributed by atoms with Gasteiger partial charge < -0.3 is 9.64 Å². The van der Waals surface area contributed by atoms with Crippen LogP contribution in [-0.4, -0.2) is 47.4 Å². The summed E-state index contributed by atoms with van der Waals surface area (Å²) in [7, 11) is 1.56. The highest BCUT2D eigenvalue weighted by molar-refractivity contribution is 5.81. The van der Waals surface area contributed by atoms with Gasteiger partial charge in [0.25, 0.3) is 11.1 Å². The number of carbonyl (C=O) groups excluding carboxylic acids is 1. The summed E-state index contributed by atoms with van der Waals surface area (Å²) in [5, 5.41) is 3.08. The van der Waals surface area contributed by atoms with Gasteiger partial charge in [-0.25, -0.2) is 4.68 Å².